The molecule has 3 atom stereocenters. The van der Waals surface area contributed by atoms with E-state index in [1.54, 1.807) is 18.2 Å². The number of aliphatic hydroxyl groups is 1. The highest BCUT2D eigenvalue weighted by atomic mass is 35.5. The molecule has 1 fully saturated rings. The van der Waals surface area contributed by atoms with Gasteiger partial charge >= 0.3 is 10.3 Å². The van der Waals surface area contributed by atoms with Crippen LogP contribution in [0.15, 0.2) is 36.7 Å². The minimum atomic E-state index is -4.05. The van der Waals surface area contributed by atoms with Crippen LogP contribution < -0.4 is 14.6 Å². The van der Waals surface area contributed by atoms with Gasteiger partial charge in [0.25, 0.3) is 0 Å². The van der Waals surface area contributed by atoms with Crippen molar-refractivity contribution in [2.45, 2.75) is 31.7 Å². The highest BCUT2D eigenvalue weighted by Gasteiger charge is 2.35. The molecule has 0 aliphatic heterocycles. The van der Waals surface area contributed by atoms with E-state index in [4.69, 9.17) is 26.2 Å². The summed E-state index contributed by atoms with van der Waals surface area (Å²) in [6.07, 6.45) is 0.947. The fraction of sp³-hybridized carbons (Fsp3) is 0.412. The standard InChI is InChI=1S/C17H20ClN3O6S/c18-13-3-1-11(2-4-13)8-25-16-7-17(21-10-20-16)27-14-5-12(15(22)6-14)9-26-28(19,23)24/h1-4,7,10,12,14-15,22H,5-6,8-9H2,(H2,19,23,24)/t12-,14+,15-/m0/s1. The Morgan fingerprint density at radius 3 is 2.61 bits per heavy atom. The lowest BCUT2D eigenvalue weighted by molar-refractivity contribution is 0.0986. The van der Waals surface area contributed by atoms with Crippen molar-refractivity contribution in [1.82, 2.24) is 9.97 Å². The van der Waals surface area contributed by atoms with Gasteiger partial charge in [0.05, 0.1) is 18.8 Å². The first-order valence-corrected chi connectivity index (χ1v) is 10.3. The van der Waals surface area contributed by atoms with E-state index >= 15 is 0 Å². The maximum absolute atomic E-state index is 10.9. The van der Waals surface area contributed by atoms with Gasteiger partial charge in [-0.1, -0.05) is 23.7 Å². The van der Waals surface area contributed by atoms with Crippen LogP contribution in [0.2, 0.25) is 5.02 Å². The predicted octanol–water partition coefficient (Wildman–Crippen LogP) is 1.45. The normalized spacial score (nSPS) is 22.2. The second-order valence-corrected chi connectivity index (χ2v) is 8.08. The maximum Gasteiger partial charge on any atom is 0.333 e. The van der Waals surface area contributed by atoms with Gasteiger partial charge in [0, 0.05) is 17.4 Å². The molecular formula is C17H20ClN3O6S. The summed E-state index contributed by atoms with van der Waals surface area (Å²) in [6.45, 7) is 0.113. The van der Waals surface area contributed by atoms with Crippen molar-refractivity contribution < 1.29 is 27.2 Å². The number of rotatable bonds is 8. The van der Waals surface area contributed by atoms with E-state index in [9.17, 15) is 13.5 Å². The monoisotopic (exact) mass is 429 g/mol. The average molecular weight is 430 g/mol. The van der Waals surface area contributed by atoms with Crippen molar-refractivity contribution in [3.63, 3.8) is 0 Å². The highest BCUT2D eigenvalue weighted by Crippen LogP contribution is 2.30. The van der Waals surface area contributed by atoms with Crippen LogP contribution in [0.25, 0.3) is 0 Å². The number of nitrogens with two attached hydrogens (primary N) is 1. The van der Waals surface area contributed by atoms with Crippen molar-refractivity contribution in [2.75, 3.05) is 6.61 Å². The van der Waals surface area contributed by atoms with Crippen LogP contribution in [0.3, 0.4) is 0 Å². The van der Waals surface area contributed by atoms with E-state index in [1.807, 2.05) is 12.1 Å². The Labute approximate surface area is 167 Å². The molecule has 1 heterocycles. The fourth-order valence-electron chi connectivity index (χ4n) is 2.89. The SMILES string of the molecule is NS(=O)(=O)OC[C@@H]1C[C@@H](Oc2cc(OCc3ccc(Cl)cc3)ncn2)C[C@@H]1O. The zero-order valence-corrected chi connectivity index (χ0v) is 16.3. The molecule has 152 valence electrons. The van der Waals surface area contributed by atoms with Crippen LogP contribution in [0.5, 0.6) is 11.8 Å². The van der Waals surface area contributed by atoms with E-state index in [-0.39, 0.29) is 12.7 Å². The molecule has 2 aromatic rings. The first kappa shape index (κ1) is 20.7. The number of benzene rings is 1. The molecule has 3 N–H and O–H groups in total. The largest absolute Gasteiger partial charge is 0.474 e. The van der Waals surface area contributed by atoms with Gasteiger partial charge in [-0.3, -0.25) is 4.18 Å². The molecular weight excluding hydrogens is 410 g/mol. The number of nitrogens with zero attached hydrogens (tertiary/aromatic N) is 2. The summed E-state index contributed by atoms with van der Waals surface area (Å²) in [5, 5.41) is 15.5. The topological polar surface area (TPSA) is 134 Å². The van der Waals surface area contributed by atoms with Gasteiger partial charge in [0.2, 0.25) is 11.8 Å². The molecule has 0 bridgehead atoms. The lowest BCUT2D eigenvalue weighted by Gasteiger charge is -2.13. The molecule has 0 amide bonds. The number of hydrogen-bond acceptors (Lipinski definition) is 8. The van der Waals surface area contributed by atoms with Crippen LogP contribution in [-0.4, -0.2) is 42.3 Å². The zero-order chi connectivity index (χ0) is 20.1. The van der Waals surface area contributed by atoms with Crippen molar-refractivity contribution in [2.24, 2.45) is 11.1 Å². The smallest absolute Gasteiger partial charge is 0.333 e. The molecule has 1 aliphatic rings. The first-order valence-electron chi connectivity index (χ1n) is 8.49. The molecule has 0 unspecified atom stereocenters. The quantitative estimate of drug-likeness (QED) is 0.643. The van der Waals surface area contributed by atoms with E-state index in [1.165, 1.54) is 6.33 Å². The van der Waals surface area contributed by atoms with Gasteiger partial charge in [-0.15, -0.1) is 0 Å². The van der Waals surface area contributed by atoms with Gasteiger partial charge in [-0.05, 0) is 24.1 Å². The summed E-state index contributed by atoms with van der Waals surface area (Å²) < 4.78 is 37.7. The van der Waals surface area contributed by atoms with Gasteiger partial charge in [-0.2, -0.15) is 8.42 Å². The van der Waals surface area contributed by atoms with Crippen molar-refractivity contribution in [3.8, 4) is 11.8 Å². The third-order valence-corrected chi connectivity index (χ3v) is 4.98. The zero-order valence-electron chi connectivity index (χ0n) is 14.8. The van der Waals surface area contributed by atoms with E-state index < -0.39 is 22.3 Å². The van der Waals surface area contributed by atoms with Gasteiger partial charge in [0.15, 0.2) is 0 Å². The van der Waals surface area contributed by atoms with Crippen molar-refractivity contribution in [1.29, 1.82) is 0 Å². The molecule has 0 spiro atoms. The molecule has 28 heavy (non-hydrogen) atoms. The molecule has 1 aliphatic carbocycles. The predicted molar refractivity (Wildman–Crippen MR) is 100 cm³/mol. The Bertz CT molecular complexity index is 896. The molecule has 0 saturated heterocycles. The van der Waals surface area contributed by atoms with Crippen LogP contribution in [0.1, 0.15) is 18.4 Å². The summed E-state index contributed by atoms with van der Waals surface area (Å²) in [4.78, 5) is 8.09. The average Bonchev–Trinajstić information content (AvgIpc) is 2.98. The molecule has 1 aromatic carbocycles. The Kier molecular flexibility index (Phi) is 6.68. The first-order chi connectivity index (χ1) is 13.3. The Hall–Kier alpha value is -1.98. The van der Waals surface area contributed by atoms with Gasteiger partial charge in [0.1, 0.15) is 19.0 Å². The number of aromatic nitrogens is 2. The summed E-state index contributed by atoms with van der Waals surface area (Å²) in [5.74, 6) is 0.240. The summed E-state index contributed by atoms with van der Waals surface area (Å²) >= 11 is 5.85. The lowest BCUT2D eigenvalue weighted by Crippen LogP contribution is -2.24. The molecule has 11 heteroatoms. The summed E-state index contributed by atoms with van der Waals surface area (Å²) in [6, 6.07) is 8.80. The third-order valence-electron chi connectivity index (χ3n) is 4.26. The minimum Gasteiger partial charge on any atom is -0.474 e. The Balaban J connectivity index is 1.53. The van der Waals surface area contributed by atoms with Crippen LogP contribution in [-0.2, 0) is 21.1 Å². The number of aliphatic hydroxyl groups excluding tert-OH is 1. The van der Waals surface area contributed by atoms with Crippen LogP contribution in [0, 0.1) is 5.92 Å². The molecule has 9 nitrogen and oxygen atoms in total. The van der Waals surface area contributed by atoms with E-state index in [2.05, 4.69) is 14.2 Å². The second-order valence-electron chi connectivity index (χ2n) is 6.43. The summed E-state index contributed by atoms with van der Waals surface area (Å²) in [7, 11) is -4.05. The number of halogens is 1. The van der Waals surface area contributed by atoms with Crippen molar-refractivity contribution in [3.05, 3.63) is 47.2 Å². The van der Waals surface area contributed by atoms with E-state index in [0.29, 0.717) is 36.2 Å². The lowest BCUT2D eigenvalue weighted by atomic mass is 10.1. The van der Waals surface area contributed by atoms with Crippen LogP contribution in [0.4, 0.5) is 0 Å². The fourth-order valence-corrected chi connectivity index (χ4v) is 3.38. The number of ether oxygens (including phenoxy) is 2. The van der Waals surface area contributed by atoms with Crippen molar-refractivity contribution >= 4 is 21.9 Å². The molecule has 3 rings (SSSR count). The molecule has 1 saturated carbocycles. The second kappa shape index (κ2) is 9.01. The molecule has 1 aromatic heterocycles. The third kappa shape index (κ3) is 6.28. The van der Waals surface area contributed by atoms with Gasteiger partial charge in [-0.25, -0.2) is 15.1 Å². The number of hydrogen-bond donors (Lipinski definition) is 2. The maximum atomic E-state index is 10.9. The summed E-state index contributed by atoms with van der Waals surface area (Å²) in [5.41, 5.74) is 0.932. The Morgan fingerprint density at radius 2 is 1.89 bits per heavy atom. The minimum absolute atomic E-state index is 0.195. The van der Waals surface area contributed by atoms with Gasteiger partial charge < -0.3 is 14.6 Å². The Morgan fingerprint density at radius 1 is 1.18 bits per heavy atom. The highest BCUT2D eigenvalue weighted by molar-refractivity contribution is 7.84. The van der Waals surface area contributed by atoms with Crippen LogP contribution >= 0.6 is 11.6 Å². The van der Waals surface area contributed by atoms with E-state index in [0.717, 1.165) is 5.56 Å². The molecule has 0 radical (unpaired) electrons.